The van der Waals surface area contributed by atoms with Gasteiger partial charge in [-0.25, -0.2) is 4.79 Å². The second kappa shape index (κ2) is 16.9. The number of nitrogens with zero attached hydrogens (tertiary/aromatic N) is 2. The van der Waals surface area contributed by atoms with Gasteiger partial charge in [-0.05, 0) is 72.5 Å². The molecule has 1 aliphatic rings. The molecule has 1 aliphatic heterocycles. The van der Waals surface area contributed by atoms with Crippen molar-refractivity contribution in [2.45, 2.75) is 43.4 Å². The van der Waals surface area contributed by atoms with E-state index in [1.807, 2.05) is 6.92 Å². The SMILES string of the molecule is CCC(Sc1cccc(NC(=O)/C(=C\c2ccc([N+](=O)[O-])cc2)NC(=O)c2ccccc2)c1)C(=O)Nc1sc2c(c1C(=O)OC)CCN(C(C)=O)C2. The molecule has 0 saturated carbocycles. The molecule has 3 N–H and O–H groups in total. The third kappa shape index (κ3) is 9.10. The van der Waals surface area contributed by atoms with E-state index in [0.717, 1.165) is 10.4 Å². The van der Waals surface area contributed by atoms with E-state index < -0.39 is 28.0 Å². The number of nitro groups is 1. The highest BCUT2D eigenvalue weighted by Crippen LogP contribution is 2.38. The molecule has 0 radical (unpaired) electrons. The molecule has 3 aromatic carbocycles. The predicted octanol–water partition coefficient (Wildman–Crippen LogP) is 6.27. The summed E-state index contributed by atoms with van der Waals surface area (Å²) in [6.07, 6.45) is 2.33. The molecule has 1 unspecified atom stereocenters. The van der Waals surface area contributed by atoms with Gasteiger partial charge in [0, 0.05) is 46.6 Å². The number of esters is 1. The molecule has 5 rings (SSSR count). The molecule has 0 spiro atoms. The van der Waals surface area contributed by atoms with E-state index in [-0.39, 0.29) is 23.2 Å². The Hall–Kier alpha value is -5.80. The van der Waals surface area contributed by atoms with Crippen LogP contribution in [-0.2, 0) is 32.1 Å². The van der Waals surface area contributed by atoms with Gasteiger partial charge in [0.1, 0.15) is 10.7 Å². The average Bonchev–Trinajstić information content (AvgIpc) is 3.50. The lowest BCUT2D eigenvalue weighted by atomic mass is 10.0. The van der Waals surface area contributed by atoms with Crippen molar-refractivity contribution in [1.29, 1.82) is 0 Å². The molecular weight excluding hydrogens is 707 g/mol. The fraction of sp³-hybridized carbons (Fsp3) is 0.216. The zero-order valence-electron chi connectivity index (χ0n) is 28.5. The molecule has 0 aliphatic carbocycles. The van der Waals surface area contributed by atoms with Crippen molar-refractivity contribution < 1.29 is 33.6 Å². The Balaban J connectivity index is 1.33. The molecular formula is C37H35N5O8S2. The summed E-state index contributed by atoms with van der Waals surface area (Å²) in [4.78, 5) is 78.8. The highest BCUT2D eigenvalue weighted by molar-refractivity contribution is 8.00. The second-order valence-electron chi connectivity index (χ2n) is 11.6. The average molecular weight is 742 g/mol. The van der Waals surface area contributed by atoms with Crippen molar-refractivity contribution in [2.75, 3.05) is 24.3 Å². The number of rotatable bonds is 12. The smallest absolute Gasteiger partial charge is 0.341 e. The van der Waals surface area contributed by atoms with Gasteiger partial charge in [-0.3, -0.25) is 29.3 Å². The lowest BCUT2D eigenvalue weighted by Crippen LogP contribution is -2.34. The summed E-state index contributed by atoms with van der Waals surface area (Å²) < 4.78 is 5.04. The molecule has 0 fully saturated rings. The van der Waals surface area contributed by atoms with Crippen molar-refractivity contribution in [2.24, 2.45) is 0 Å². The van der Waals surface area contributed by atoms with Crippen molar-refractivity contribution in [3.63, 3.8) is 0 Å². The molecule has 13 nitrogen and oxygen atoms in total. The van der Waals surface area contributed by atoms with E-state index in [1.165, 1.54) is 67.5 Å². The summed E-state index contributed by atoms with van der Waals surface area (Å²) in [6.45, 7) is 4.16. The number of non-ortho nitro benzene ring substituents is 1. The van der Waals surface area contributed by atoms with Crippen LogP contribution in [0.2, 0.25) is 0 Å². The summed E-state index contributed by atoms with van der Waals surface area (Å²) in [6, 6.07) is 20.7. The molecule has 52 heavy (non-hydrogen) atoms. The van der Waals surface area contributed by atoms with Crippen molar-refractivity contribution >= 4 is 75.1 Å². The first kappa shape index (κ1) is 37.5. The summed E-state index contributed by atoms with van der Waals surface area (Å²) in [7, 11) is 1.28. The van der Waals surface area contributed by atoms with Crippen molar-refractivity contribution in [3.8, 4) is 0 Å². The van der Waals surface area contributed by atoms with Crippen LogP contribution in [0.1, 0.15) is 57.0 Å². The highest BCUT2D eigenvalue weighted by Gasteiger charge is 2.31. The van der Waals surface area contributed by atoms with E-state index in [0.29, 0.717) is 58.2 Å². The quantitative estimate of drug-likeness (QED) is 0.0497. The van der Waals surface area contributed by atoms with Gasteiger partial charge < -0.3 is 25.6 Å². The number of methoxy groups -OCH3 is 1. The molecule has 268 valence electrons. The fourth-order valence-corrected chi connectivity index (χ4v) is 7.67. The van der Waals surface area contributed by atoms with Gasteiger partial charge in [-0.15, -0.1) is 23.1 Å². The second-order valence-corrected chi connectivity index (χ2v) is 14.0. The van der Waals surface area contributed by atoms with Crippen LogP contribution >= 0.6 is 23.1 Å². The third-order valence-corrected chi connectivity index (χ3v) is 10.6. The maximum Gasteiger partial charge on any atom is 0.341 e. The number of fused-ring (bicyclic) bond motifs is 1. The molecule has 4 amide bonds. The predicted molar refractivity (Wildman–Crippen MR) is 199 cm³/mol. The molecule has 15 heteroatoms. The van der Waals surface area contributed by atoms with Gasteiger partial charge in [0.15, 0.2) is 0 Å². The van der Waals surface area contributed by atoms with E-state index in [4.69, 9.17) is 4.74 Å². The highest BCUT2D eigenvalue weighted by atomic mass is 32.2. The first-order valence-electron chi connectivity index (χ1n) is 16.2. The zero-order chi connectivity index (χ0) is 37.4. The number of nitro benzene ring substituents is 1. The number of ether oxygens (including phenoxy) is 1. The van der Waals surface area contributed by atoms with Crippen LogP contribution in [0.3, 0.4) is 0 Å². The number of hydrogen-bond acceptors (Lipinski definition) is 10. The number of carbonyl (C=O) groups excluding carboxylic acids is 5. The molecule has 2 heterocycles. The number of thiophene rings is 1. The van der Waals surface area contributed by atoms with Gasteiger partial charge >= 0.3 is 5.97 Å². The molecule has 1 atom stereocenters. The van der Waals surface area contributed by atoms with Crippen LogP contribution in [-0.4, -0.2) is 58.3 Å². The molecule has 0 saturated heterocycles. The standard InChI is InChI=1S/C37H35N5O8S2/c1-4-30(35(46)40-36-32(37(47)50-3)28-17-18-41(22(2)43)21-31(28)52-36)51-27-12-8-11-25(20-27)38-34(45)29(39-33(44)24-9-6-5-7-10-24)19-23-13-15-26(16-14-23)42(48)49/h5-16,19-20,30H,4,17-18,21H2,1-3H3,(H,38,45)(H,39,44)(H,40,46)/b29-19+. The number of benzene rings is 3. The lowest BCUT2D eigenvalue weighted by molar-refractivity contribution is -0.384. The zero-order valence-corrected chi connectivity index (χ0v) is 30.1. The number of anilines is 2. The number of hydrogen-bond donors (Lipinski definition) is 3. The molecule has 0 bridgehead atoms. The van der Waals surface area contributed by atoms with Gasteiger partial charge in [0.25, 0.3) is 17.5 Å². The van der Waals surface area contributed by atoms with Gasteiger partial charge in [-0.2, -0.15) is 0 Å². The minimum Gasteiger partial charge on any atom is -0.465 e. The summed E-state index contributed by atoms with van der Waals surface area (Å²) in [5.74, 6) is -2.13. The van der Waals surface area contributed by atoms with Crippen LogP contribution in [0.4, 0.5) is 16.4 Å². The Kier molecular flexibility index (Phi) is 12.2. The van der Waals surface area contributed by atoms with Gasteiger partial charge in [0.05, 0.1) is 29.4 Å². The maximum atomic E-state index is 13.6. The first-order valence-corrected chi connectivity index (χ1v) is 17.9. The Labute approximate surface area is 307 Å². The Morgan fingerprint density at radius 3 is 2.40 bits per heavy atom. The number of thioether (sulfide) groups is 1. The fourth-order valence-electron chi connectivity index (χ4n) is 5.40. The summed E-state index contributed by atoms with van der Waals surface area (Å²) in [5, 5.41) is 19.3. The van der Waals surface area contributed by atoms with Crippen LogP contribution in [0, 0.1) is 10.1 Å². The minimum atomic E-state index is -0.644. The molecule has 4 aromatic rings. The van der Waals surface area contributed by atoms with Crippen molar-refractivity contribution in [3.05, 3.63) is 122 Å². The van der Waals surface area contributed by atoms with Crippen LogP contribution in [0.15, 0.2) is 89.5 Å². The van der Waals surface area contributed by atoms with Crippen molar-refractivity contribution in [1.82, 2.24) is 10.2 Å². The Bertz CT molecular complexity index is 2050. The maximum absolute atomic E-state index is 13.6. The molecule has 1 aromatic heterocycles. The normalized spacial score (nSPS) is 13.0. The monoisotopic (exact) mass is 741 g/mol. The van der Waals surface area contributed by atoms with Gasteiger partial charge in [-0.1, -0.05) is 31.2 Å². The van der Waals surface area contributed by atoms with E-state index in [1.54, 1.807) is 59.5 Å². The number of carbonyl (C=O) groups is 5. The Morgan fingerprint density at radius 2 is 1.75 bits per heavy atom. The van der Waals surface area contributed by atoms with E-state index in [2.05, 4.69) is 16.0 Å². The minimum absolute atomic E-state index is 0.0706. The first-order chi connectivity index (χ1) is 25.0. The van der Waals surface area contributed by atoms with E-state index in [9.17, 15) is 34.1 Å². The van der Waals surface area contributed by atoms with Gasteiger partial charge in [0.2, 0.25) is 11.8 Å². The topological polar surface area (TPSA) is 177 Å². The number of nitrogens with one attached hydrogen (secondary N) is 3. The lowest BCUT2D eigenvalue weighted by Gasteiger charge is -2.25. The largest absolute Gasteiger partial charge is 0.465 e. The van der Waals surface area contributed by atoms with E-state index >= 15 is 0 Å². The Morgan fingerprint density at radius 1 is 1.02 bits per heavy atom. The third-order valence-electron chi connectivity index (χ3n) is 8.11. The van der Waals surface area contributed by atoms with Crippen LogP contribution in [0.5, 0.6) is 0 Å². The van der Waals surface area contributed by atoms with Crippen LogP contribution < -0.4 is 16.0 Å². The summed E-state index contributed by atoms with van der Waals surface area (Å²) >= 11 is 2.53. The number of amides is 4. The summed E-state index contributed by atoms with van der Waals surface area (Å²) in [5.41, 5.74) is 2.02. The van der Waals surface area contributed by atoms with Crippen LogP contribution in [0.25, 0.3) is 6.08 Å².